The average Bonchev–Trinajstić information content (AvgIpc) is 2.31. The second-order valence-electron chi connectivity index (χ2n) is 21.7. The maximum Gasteiger partial charge on any atom is 0.172 e. The summed E-state index contributed by atoms with van der Waals surface area (Å²) < 4.78 is 152. The van der Waals surface area contributed by atoms with Crippen LogP contribution in [0, 0.1) is 231 Å². The van der Waals surface area contributed by atoms with Crippen molar-refractivity contribution in [1.82, 2.24) is 0 Å². The minimum Gasteiger partial charge on any atom is -0.496 e. The van der Waals surface area contributed by atoms with Gasteiger partial charge in [-0.15, -0.1) is 0 Å². The van der Waals surface area contributed by atoms with Crippen LogP contribution in [0.1, 0.15) is 139 Å². The third kappa shape index (κ3) is 17.3. The first kappa shape index (κ1) is 77.3. The predicted molar refractivity (Wildman–Crippen MR) is 334 cm³/mol. The Morgan fingerprint density at radius 3 is 0.698 bits per heavy atom. The summed E-state index contributed by atoms with van der Waals surface area (Å²) in [6, 6.07) is 3.44. The van der Waals surface area contributed by atoms with Gasteiger partial charge in [0.05, 0.1) is 28.4 Å². The van der Waals surface area contributed by atoms with Crippen molar-refractivity contribution in [3.05, 3.63) is 214 Å². The minimum absolute atomic E-state index is 0.0457. The largest absolute Gasteiger partial charge is 0.496 e. The first-order chi connectivity index (χ1) is 39.5. The first-order valence-electron chi connectivity index (χ1n) is 27.7. The predicted octanol–water partition coefficient (Wildman–Crippen LogP) is 21.6. The third-order valence-corrected chi connectivity index (χ3v) is 17.3. The van der Waals surface area contributed by atoms with Crippen LogP contribution in [-0.4, -0.2) is 28.4 Å². The van der Waals surface area contributed by atoms with E-state index in [0.29, 0.717) is 33.4 Å². The fourth-order valence-electron chi connectivity index (χ4n) is 9.05. The van der Waals surface area contributed by atoms with Gasteiger partial charge in [0.25, 0.3) is 0 Å². The highest BCUT2D eigenvalue weighted by Crippen LogP contribution is 2.36. The van der Waals surface area contributed by atoms with E-state index in [4.69, 9.17) is 25.8 Å². The van der Waals surface area contributed by atoms with Crippen molar-refractivity contribution >= 4 is 11.6 Å². The summed E-state index contributed by atoms with van der Waals surface area (Å²) in [5, 5.41) is 0.926. The molecule has 0 bridgehead atoms. The van der Waals surface area contributed by atoms with Crippen molar-refractivity contribution in [2.75, 3.05) is 28.4 Å². The number of halogens is 11. The summed E-state index contributed by atoms with van der Waals surface area (Å²) in [5.74, 6) is -4.64. The SMILES string of the molecule is COc1c(C)c(C)c(F)c(C)c1C.COc1c(C)c(F)c(F)c(C)c1F.COc1c(C)c(F)c(OC)c(C)c1F.Cc1c(C)c(C)c(Cl)c(C)c1C.Cc1c(C)c(C)c(F)c(C)c1C.Cc1c(C)c(F)c(C)c(C)c1F.Cc1cc(C)c(F)cc1C. The zero-order chi connectivity index (χ0) is 67.3. The molecule has 0 saturated heterocycles. The van der Waals surface area contributed by atoms with Gasteiger partial charge in [0.1, 0.15) is 34.8 Å². The van der Waals surface area contributed by atoms with Gasteiger partial charge in [0.2, 0.25) is 0 Å². The van der Waals surface area contributed by atoms with Gasteiger partial charge in [-0.25, -0.2) is 43.9 Å². The Hall–Kier alpha value is -6.67. The van der Waals surface area contributed by atoms with E-state index in [1.165, 1.54) is 75.5 Å². The number of benzene rings is 7. The number of methoxy groups -OCH3 is 4. The lowest BCUT2D eigenvalue weighted by Crippen LogP contribution is -2.02. The van der Waals surface area contributed by atoms with Gasteiger partial charge in [-0.05, 0) is 296 Å². The van der Waals surface area contributed by atoms with Crippen LogP contribution in [-0.2, 0) is 0 Å². The lowest BCUT2D eigenvalue weighted by Gasteiger charge is -2.14. The van der Waals surface area contributed by atoms with Crippen molar-refractivity contribution < 1.29 is 62.9 Å². The molecule has 0 aliphatic carbocycles. The van der Waals surface area contributed by atoms with E-state index in [9.17, 15) is 43.9 Å². The quantitative estimate of drug-likeness (QED) is 0.130. The number of aryl methyl sites for hydroxylation is 3. The molecule has 0 atom stereocenters. The van der Waals surface area contributed by atoms with Crippen LogP contribution in [0.4, 0.5) is 43.9 Å². The van der Waals surface area contributed by atoms with Crippen LogP contribution in [0.15, 0.2) is 12.1 Å². The second-order valence-corrected chi connectivity index (χ2v) is 22.1. The van der Waals surface area contributed by atoms with Crippen LogP contribution in [0.25, 0.3) is 0 Å². The molecule has 4 nitrogen and oxygen atoms in total. The van der Waals surface area contributed by atoms with Crippen molar-refractivity contribution in [2.45, 2.75) is 173 Å². The van der Waals surface area contributed by atoms with Crippen LogP contribution < -0.4 is 18.9 Å². The molecule has 0 saturated carbocycles. The van der Waals surface area contributed by atoms with Crippen LogP contribution >= 0.6 is 11.6 Å². The molecule has 7 aromatic rings. The van der Waals surface area contributed by atoms with Gasteiger partial charge in [-0.2, -0.15) is 0 Å². The number of ether oxygens (including phenoxy) is 4. The zero-order valence-electron chi connectivity index (χ0n) is 55.9. The van der Waals surface area contributed by atoms with E-state index in [-0.39, 0.29) is 68.6 Å². The first-order valence-corrected chi connectivity index (χ1v) is 28.1. The Bertz CT molecular complexity index is 2890. The van der Waals surface area contributed by atoms with E-state index in [1.807, 2.05) is 68.4 Å². The van der Waals surface area contributed by atoms with Crippen molar-refractivity contribution in [3.8, 4) is 23.0 Å². The maximum absolute atomic E-state index is 13.5. The summed E-state index contributed by atoms with van der Waals surface area (Å²) >= 11 is 6.16. The van der Waals surface area contributed by atoms with E-state index in [2.05, 4.69) is 39.4 Å². The fourth-order valence-corrected chi connectivity index (χ4v) is 9.33. The highest BCUT2D eigenvalue weighted by Gasteiger charge is 2.23. The summed E-state index contributed by atoms with van der Waals surface area (Å²) in [4.78, 5) is 0. The van der Waals surface area contributed by atoms with E-state index in [1.54, 1.807) is 61.6 Å². The molecule has 0 amide bonds. The Labute approximate surface area is 511 Å². The van der Waals surface area contributed by atoms with Gasteiger partial charge in [0, 0.05) is 27.3 Å². The standard InChI is InChI=1S/C11H15Cl.C11H15FO.C11H15F.C10H12F2O2.C10H12F2.C9H9F3O.C9H11F/c1-6-7(2)9(4)11(12)10(5)8(6)3;1-6-8(3)11(13-5)9(4)7(2)10(6)12;1-6-7(2)9(4)11(12)10(5)8(6)3;1-5-7(11)10(14-4)6(2)8(12)9(5)13-3;1-5-6(2)10(12)8(4)7(3)9(5)11;1-4-6(10)7(11)5(2)9(13-3)8(4)12;1-6-4-8(3)9(10)5-7(6)2/h1-5H3;1-5H3;1-5H3;1-4H3;1-4H3;1-3H3;4-5H,1-3H3. The molecule has 0 radical (unpaired) electrons. The molecule has 0 spiro atoms. The topological polar surface area (TPSA) is 36.9 Å². The highest BCUT2D eigenvalue weighted by molar-refractivity contribution is 6.32. The van der Waals surface area contributed by atoms with Crippen LogP contribution in [0.2, 0.25) is 5.02 Å². The van der Waals surface area contributed by atoms with Gasteiger partial charge in [-0.3, -0.25) is 0 Å². The van der Waals surface area contributed by atoms with Gasteiger partial charge in [-0.1, -0.05) is 17.7 Å². The fraction of sp³-hybridized carbons (Fsp3) is 0.408. The van der Waals surface area contributed by atoms with Crippen LogP contribution in [0.3, 0.4) is 0 Å². The monoisotopic (exact) mass is 1230 g/mol. The lowest BCUT2D eigenvalue weighted by atomic mass is 9.95. The van der Waals surface area contributed by atoms with Crippen LogP contribution in [0.5, 0.6) is 23.0 Å². The molecule has 0 heterocycles. The van der Waals surface area contributed by atoms with Crippen molar-refractivity contribution in [1.29, 1.82) is 0 Å². The average molecular weight is 1230 g/mol. The lowest BCUT2D eigenvalue weighted by molar-refractivity contribution is 0.351. The smallest absolute Gasteiger partial charge is 0.172 e. The van der Waals surface area contributed by atoms with E-state index in [0.717, 1.165) is 67.8 Å². The molecule has 0 aromatic heterocycles. The molecule has 0 N–H and O–H groups in total. The molecule has 0 aliphatic heterocycles. The molecular weight excluding hydrogens is 1140 g/mol. The normalized spacial score (nSPS) is 10.3. The molecule has 7 aromatic carbocycles. The number of hydrogen-bond donors (Lipinski definition) is 0. The number of rotatable bonds is 4. The molecule has 15 heteroatoms. The van der Waals surface area contributed by atoms with Gasteiger partial charge >= 0.3 is 0 Å². The van der Waals surface area contributed by atoms with Crippen molar-refractivity contribution in [3.63, 3.8) is 0 Å². The Kier molecular flexibility index (Phi) is 29.6. The zero-order valence-corrected chi connectivity index (χ0v) is 56.7. The summed E-state index contributed by atoms with van der Waals surface area (Å²) in [6.45, 7) is 44.9. The Balaban J connectivity index is 0.000000503. The molecule has 0 aliphatic rings. The summed E-state index contributed by atoms with van der Waals surface area (Å²) in [6.07, 6.45) is 0. The Morgan fingerprint density at radius 2 is 0.419 bits per heavy atom. The molecule has 0 unspecified atom stereocenters. The maximum atomic E-state index is 13.5. The molecule has 7 rings (SSSR count). The summed E-state index contributed by atoms with van der Waals surface area (Å²) in [5.41, 5.74) is 18.8. The van der Waals surface area contributed by atoms with E-state index < -0.39 is 29.1 Å². The summed E-state index contributed by atoms with van der Waals surface area (Å²) in [7, 11) is 5.43. The second kappa shape index (κ2) is 32.9. The molecular formula is C71H89ClF10O4. The number of hydrogen-bond acceptors (Lipinski definition) is 4. The molecule has 0 fully saturated rings. The molecule has 474 valence electrons. The minimum atomic E-state index is -1.16. The van der Waals surface area contributed by atoms with Gasteiger partial charge < -0.3 is 18.9 Å². The Morgan fingerprint density at radius 1 is 0.209 bits per heavy atom. The van der Waals surface area contributed by atoms with Crippen molar-refractivity contribution in [2.24, 2.45) is 0 Å². The third-order valence-electron chi connectivity index (χ3n) is 16.8. The van der Waals surface area contributed by atoms with E-state index >= 15 is 0 Å². The molecule has 86 heavy (non-hydrogen) atoms. The van der Waals surface area contributed by atoms with Gasteiger partial charge in [0.15, 0.2) is 46.3 Å². The highest BCUT2D eigenvalue weighted by atomic mass is 35.5.